The minimum Gasteiger partial charge on any atom is -0.322 e. The van der Waals surface area contributed by atoms with Crippen molar-refractivity contribution in [2.24, 2.45) is 0 Å². The molecule has 0 saturated carbocycles. The average Bonchev–Trinajstić information content (AvgIpc) is 2.90. The van der Waals surface area contributed by atoms with Crippen LogP contribution >= 0.6 is 23.2 Å². The van der Waals surface area contributed by atoms with Crippen LogP contribution in [-0.2, 0) is 13.0 Å². The van der Waals surface area contributed by atoms with Gasteiger partial charge in [0.1, 0.15) is 5.82 Å². The molecule has 4 rings (SSSR count). The Hall–Kier alpha value is -2.37. The van der Waals surface area contributed by atoms with E-state index < -0.39 is 0 Å². The van der Waals surface area contributed by atoms with Crippen LogP contribution in [0.4, 0.5) is 5.69 Å². The number of benzene rings is 2. The van der Waals surface area contributed by atoms with E-state index in [1.807, 2.05) is 24.3 Å². The molecule has 7 heteroatoms. The van der Waals surface area contributed by atoms with Gasteiger partial charge in [0.25, 0.3) is 5.91 Å². The van der Waals surface area contributed by atoms with Crippen LogP contribution in [0.25, 0.3) is 11.4 Å². The van der Waals surface area contributed by atoms with E-state index in [9.17, 15) is 4.79 Å². The van der Waals surface area contributed by atoms with Crippen molar-refractivity contribution in [3.05, 3.63) is 63.9 Å². The van der Waals surface area contributed by atoms with Crippen molar-refractivity contribution in [3.63, 3.8) is 0 Å². The van der Waals surface area contributed by atoms with Gasteiger partial charge in [-0.2, -0.15) is 0 Å². The van der Waals surface area contributed by atoms with Gasteiger partial charge >= 0.3 is 0 Å². The monoisotopic (exact) mass is 400 g/mol. The smallest absolute Gasteiger partial charge is 0.257 e. The molecule has 2 heterocycles. The lowest BCUT2D eigenvalue weighted by atomic mass is 10.1. The molecule has 0 aliphatic carbocycles. The highest BCUT2D eigenvalue weighted by molar-refractivity contribution is 6.37. The van der Waals surface area contributed by atoms with Crippen molar-refractivity contribution in [2.75, 3.05) is 5.32 Å². The Morgan fingerprint density at radius 1 is 1.00 bits per heavy atom. The molecule has 0 atom stereocenters. The van der Waals surface area contributed by atoms with Crippen LogP contribution in [0, 0.1) is 0 Å². The molecule has 1 aliphatic heterocycles. The highest BCUT2D eigenvalue weighted by Crippen LogP contribution is 2.25. The second-order valence-electron chi connectivity index (χ2n) is 6.56. The van der Waals surface area contributed by atoms with Crippen molar-refractivity contribution in [2.45, 2.75) is 32.2 Å². The molecule has 0 fully saturated rings. The number of nitrogens with zero attached hydrogens (tertiary/aromatic N) is 3. The fraction of sp³-hybridized carbons (Fsp3) is 0.250. The van der Waals surface area contributed by atoms with Gasteiger partial charge in [-0.3, -0.25) is 4.79 Å². The van der Waals surface area contributed by atoms with E-state index in [0.29, 0.717) is 21.3 Å². The number of carbonyl (C=O) groups excluding carboxylic acids is 1. The maximum absolute atomic E-state index is 12.4. The van der Waals surface area contributed by atoms with Crippen molar-refractivity contribution in [1.29, 1.82) is 0 Å². The van der Waals surface area contributed by atoms with Gasteiger partial charge in [-0.25, -0.2) is 0 Å². The zero-order valence-corrected chi connectivity index (χ0v) is 16.1. The third-order valence-electron chi connectivity index (χ3n) is 4.69. The highest BCUT2D eigenvalue weighted by atomic mass is 35.5. The van der Waals surface area contributed by atoms with E-state index in [2.05, 4.69) is 20.1 Å². The lowest BCUT2D eigenvalue weighted by molar-refractivity contribution is 0.102. The van der Waals surface area contributed by atoms with Crippen LogP contribution in [0.2, 0.25) is 10.0 Å². The van der Waals surface area contributed by atoms with Crippen LogP contribution in [0.3, 0.4) is 0 Å². The summed E-state index contributed by atoms with van der Waals surface area (Å²) >= 11 is 12.0. The van der Waals surface area contributed by atoms with E-state index >= 15 is 0 Å². The van der Waals surface area contributed by atoms with E-state index in [0.717, 1.165) is 43.0 Å². The minimum absolute atomic E-state index is 0.277. The lowest BCUT2D eigenvalue weighted by Crippen LogP contribution is -2.12. The molecule has 0 bridgehead atoms. The first kappa shape index (κ1) is 18.0. The van der Waals surface area contributed by atoms with E-state index in [1.54, 1.807) is 18.2 Å². The van der Waals surface area contributed by atoms with E-state index in [4.69, 9.17) is 23.2 Å². The number of hydrogen-bond acceptors (Lipinski definition) is 3. The number of fused-ring (bicyclic) bond motifs is 1. The maximum Gasteiger partial charge on any atom is 0.257 e. The summed E-state index contributed by atoms with van der Waals surface area (Å²) in [7, 11) is 0. The topological polar surface area (TPSA) is 59.8 Å². The van der Waals surface area contributed by atoms with Gasteiger partial charge in [0.05, 0.1) is 10.6 Å². The standard InChI is InChI=1S/C20H18Cl2N4O/c21-14-7-10-16(17(22)12-14)20(27)23-15-8-5-13(6-9-15)19-25-24-18-4-2-1-3-11-26(18)19/h5-10,12H,1-4,11H2,(H,23,27). The van der Waals surface area contributed by atoms with Crippen LogP contribution < -0.4 is 5.32 Å². The molecule has 27 heavy (non-hydrogen) atoms. The molecule has 0 radical (unpaired) electrons. The summed E-state index contributed by atoms with van der Waals surface area (Å²) in [5.74, 6) is 1.66. The van der Waals surface area contributed by atoms with Crippen molar-refractivity contribution in [3.8, 4) is 11.4 Å². The second kappa shape index (κ2) is 7.71. The average molecular weight is 401 g/mol. The third-order valence-corrected chi connectivity index (χ3v) is 5.23. The molecule has 5 nitrogen and oxygen atoms in total. The molecule has 0 saturated heterocycles. The lowest BCUT2D eigenvalue weighted by Gasteiger charge is -2.09. The van der Waals surface area contributed by atoms with Crippen LogP contribution in [0.1, 0.15) is 35.4 Å². The first-order valence-electron chi connectivity index (χ1n) is 8.91. The quantitative estimate of drug-likeness (QED) is 0.654. The Balaban J connectivity index is 1.53. The molecule has 0 spiro atoms. The Labute approximate surface area is 167 Å². The number of halogens is 2. The van der Waals surface area contributed by atoms with Crippen LogP contribution in [0.15, 0.2) is 42.5 Å². The summed E-state index contributed by atoms with van der Waals surface area (Å²) in [5.41, 5.74) is 2.05. The molecular weight excluding hydrogens is 383 g/mol. The Morgan fingerprint density at radius 3 is 2.59 bits per heavy atom. The fourth-order valence-electron chi connectivity index (χ4n) is 3.27. The SMILES string of the molecule is O=C(Nc1ccc(-c2nnc3n2CCCCC3)cc1)c1ccc(Cl)cc1Cl. The Bertz CT molecular complexity index is 982. The molecule has 1 aliphatic rings. The number of hydrogen-bond donors (Lipinski definition) is 1. The number of amides is 1. The predicted molar refractivity (Wildman–Crippen MR) is 107 cm³/mol. The van der Waals surface area contributed by atoms with Gasteiger partial charge in [0.2, 0.25) is 0 Å². The van der Waals surface area contributed by atoms with Gasteiger partial charge < -0.3 is 9.88 Å². The Morgan fingerprint density at radius 2 is 1.81 bits per heavy atom. The summed E-state index contributed by atoms with van der Waals surface area (Å²) in [6, 6.07) is 12.4. The van der Waals surface area contributed by atoms with Crippen molar-refractivity contribution < 1.29 is 4.79 Å². The molecule has 138 valence electrons. The molecule has 1 amide bonds. The normalized spacial score (nSPS) is 13.7. The number of rotatable bonds is 3. The summed E-state index contributed by atoms with van der Waals surface area (Å²) in [6.07, 6.45) is 4.51. The summed E-state index contributed by atoms with van der Waals surface area (Å²) < 4.78 is 2.20. The maximum atomic E-state index is 12.4. The first-order valence-corrected chi connectivity index (χ1v) is 9.66. The van der Waals surface area contributed by atoms with Crippen LogP contribution in [0.5, 0.6) is 0 Å². The number of anilines is 1. The van der Waals surface area contributed by atoms with Gasteiger partial charge in [-0.1, -0.05) is 29.6 Å². The summed E-state index contributed by atoms with van der Waals surface area (Å²) in [4.78, 5) is 12.4. The van der Waals surface area contributed by atoms with E-state index in [-0.39, 0.29) is 5.91 Å². The number of aromatic nitrogens is 3. The largest absolute Gasteiger partial charge is 0.322 e. The zero-order chi connectivity index (χ0) is 18.8. The minimum atomic E-state index is -0.277. The van der Waals surface area contributed by atoms with Crippen molar-refractivity contribution >= 4 is 34.8 Å². The van der Waals surface area contributed by atoms with Crippen molar-refractivity contribution in [1.82, 2.24) is 14.8 Å². The predicted octanol–water partition coefficient (Wildman–Crippen LogP) is 5.23. The van der Waals surface area contributed by atoms with Crippen LogP contribution in [-0.4, -0.2) is 20.7 Å². The fourth-order valence-corrected chi connectivity index (χ4v) is 3.77. The number of nitrogens with one attached hydrogen (secondary N) is 1. The zero-order valence-electron chi connectivity index (χ0n) is 14.6. The second-order valence-corrected chi connectivity index (χ2v) is 7.40. The molecule has 2 aromatic carbocycles. The van der Waals surface area contributed by atoms with E-state index in [1.165, 1.54) is 6.42 Å². The highest BCUT2D eigenvalue weighted by Gasteiger charge is 2.16. The van der Waals surface area contributed by atoms with Gasteiger partial charge in [0.15, 0.2) is 5.82 Å². The van der Waals surface area contributed by atoms with Gasteiger partial charge in [-0.15, -0.1) is 10.2 Å². The summed E-state index contributed by atoms with van der Waals surface area (Å²) in [6.45, 7) is 0.950. The number of aryl methyl sites for hydroxylation is 1. The van der Waals surface area contributed by atoms with Gasteiger partial charge in [0, 0.05) is 29.2 Å². The Kier molecular flexibility index (Phi) is 5.14. The summed E-state index contributed by atoms with van der Waals surface area (Å²) in [5, 5.41) is 12.4. The third kappa shape index (κ3) is 3.84. The molecule has 3 aromatic rings. The molecule has 1 N–H and O–H groups in total. The first-order chi connectivity index (χ1) is 13.1. The number of carbonyl (C=O) groups is 1. The molecule has 1 aromatic heterocycles. The van der Waals surface area contributed by atoms with Gasteiger partial charge in [-0.05, 0) is 55.3 Å². The molecular formula is C20H18Cl2N4O. The molecule has 0 unspecified atom stereocenters.